The molecule has 9 heteroatoms. The Balaban J connectivity index is 3.21. The van der Waals surface area contributed by atoms with Crippen LogP contribution in [0, 0.1) is 21.4 Å². The number of nitro groups is 1. The molecule has 0 aromatic heterocycles. The molecule has 0 radical (unpaired) electrons. The van der Waals surface area contributed by atoms with Gasteiger partial charge in [0.1, 0.15) is 4.90 Å². The minimum atomic E-state index is -3.86. The van der Waals surface area contributed by atoms with Gasteiger partial charge in [0.2, 0.25) is 10.0 Å². The predicted octanol–water partition coefficient (Wildman–Crippen LogP) is 1.10. The second-order valence-electron chi connectivity index (χ2n) is 3.88. The molecule has 0 amide bonds. The Labute approximate surface area is 116 Å². The van der Waals surface area contributed by atoms with Crippen molar-refractivity contribution in [3.63, 3.8) is 0 Å². The van der Waals surface area contributed by atoms with Crippen LogP contribution in [0.15, 0.2) is 23.1 Å². The smallest absolute Gasteiger partial charge is 0.271 e. The van der Waals surface area contributed by atoms with Crippen LogP contribution < -0.4 is 5.73 Å². The third kappa shape index (κ3) is 3.23. The molecule has 1 rings (SSSR count). The SMILES string of the molecule is CCN(CCC#N)S(=O)(=O)c1ccc([N+](=O)[O-])cc1N. The summed E-state index contributed by atoms with van der Waals surface area (Å²) in [5.41, 5.74) is 5.13. The van der Waals surface area contributed by atoms with E-state index in [0.717, 1.165) is 22.5 Å². The van der Waals surface area contributed by atoms with E-state index < -0.39 is 14.9 Å². The molecule has 2 N–H and O–H groups in total. The summed E-state index contributed by atoms with van der Waals surface area (Å²) in [7, 11) is -3.86. The molecule has 0 spiro atoms. The van der Waals surface area contributed by atoms with E-state index in [4.69, 9.17) is 11.0 Å². The van der Waals surface area contributed by atoms with Crippen molar-refractivity contribution in [1.82, 2.24) is 4.31 Å². The lowest BCUT2D eigenvalue weighted by Crippen LogP contribution is -2.32. The summed E-state index contributed by atoms with van der Waals surface area (Å²) >= 11 is 0. The third-order valence-corrected chi connectivity index (χ3v) is 4.70. The van der Waals surface area contributed by atoms with Crippen LogP contribution in [0.5, 0.6) is 0 Å². The molecule has 0 saturated carbocycles. The van der Waals surface area contributed by atoms with Crippen molar-refractivity contribution in [3.05, 3.63) is 28.3 Å². The van der Waals surface area contributed by atoms with Crippen LogP contribution in [-0.4, -0.2) is 30.7 Å². The zero-order chi connectivity index (χ0) is 15.3. The lowest BCUT2D eigenvalue weighted by atomic mass is 10.3. The first-order valence-corrected chi connectivity index (χ1v) is 7.19. The number of hydrogen-bond donors (Lipinski definition) is 1. The van der Waals surface area contributed by atoms with Crippen molar-refractivity contribution in [1.29, 1.82) is 5.26 Å². The van der Waals surface area contributed by atoms with E-state index in [1.54, 1.807) is 6.92 Å². The normalized spacial score (nSPS) is 11.2. The van der Waals surface area contributed by atoms with Gasteiger partial charge in [-0.3, -0.25) is 10.1 Å². The van der Waals surface area contributed by atoms with Crippen LogP contribution >= 0.6 is 0 Å². The van der Waals surface area contributed by atoms with Gasteiger partial charge < -0.3 is 5.73 Å². The van der Waals surface area contributed by atoms with Crippen LogP contribution in [0.4, 0.5) is 11.4 Å². The van der Waals surface area contributed by atoms with Crippen molar-refractivity contribution < 1.29 is 13.3 Å². The summed E-state index contributed by atoms with van der Waals surface area (Å²) < 4.78 is 25.8. The highest BCUT2D eigenvalue weighted by Gasteiger charge is 2.26. The van der Waals surface area contributed by atoms with E-state index in [1.807, 2.05) is 6.07 Å². The summed E-state index contributed by atoms with van der Waals surface area (Å²) in [4.78, 5) is 9.76. The largest absolute Gasteiger partial charge is 0.397 e. The number of rotatable bonds is 6. The summed E-state index contributed by atoms with van der Waals surface area (Å²) in [6, 6.07) is 5.07. The van der Waals surface area contributed by atoms with Gasteiger partial charge in [-0.2, -0.15) is 9.57 Å². The number of nitrogens with zero attached hydrogens (tertiary/aromatic N) is 3. The highest BCUT2D eigenvalue weighted by atomic mass is 32.2. The summed E-state index contributed by atoms with van der Waals surface area (Å²) in [5, 5.41) is 19.1. The molecule has 0 aliphatic heterocycles. The lowest BCUT2D eigenvalue weighted by molar-refractivity contribution is -0.384. The maximum Gasteiger partial charge on any atom is 0.271 e. The van der Waals surface area contributed by atoms with Gasteiger partial charge in [-0.15, -0.1) is 0 Å². The van der Waals surface area contributed by atoms with Gasteiger partial charge in [0.05, 0.1) is 16.7 Å². The number of nitrogen functional groups attached to an aromatic ring is 1. The summed E-state index contributed by atoms with van der Waals surface area (Å²) in [6.45, 7) is 1.86. The number of nitrogens with two attached hydrogens (primary N) is 1. The number of anilines is 1. The van der Waals surface area contributed by atoms with Gasteiger partial charge in [-0.1, -0.05) is 6.92 Å². The Hall–Kier alpha value is -2.18. The second kappa shape index (κ2) is 6.31. The average molecular weight is 298 g/mol. The van der Waals surface area contributed by atoms with E-state index in [-0.39, 0.29) is 35.8 Å². The number of sulfonamides is 1. The zero-order valence-corrected chi connectivity index (χ0v) is 11.6. The molecule has 0 atom stereocenters. The van der Waals surface area contributed by atoms with Crippen LogP contribution in [-0.2, 0) is 10.0 Å². The second-order valence-corrected chi connectivity index (χ2v) is 5.79. The number of nitriles is 1. The van der Waals surface area contributed by atoms with Crippen molar-refractivity contribution in [2.45, 2.75) is 18.2 Å². The van der Waals surface area contributed by atoms with Gasteiger partial charge in [0.15, 0.2) is 0 Å². The average Bonchev–Trinajstić information content (AvgIpc) is 2.38. The minimum absolute atomic E-state index is 0.0474. The summed E-state index contributed by atoms with van der Waals surface area (Å²) in [5.74, 6) is 0. The highest BCUT2D eigenvalue weighted by molar-refractivity contribution is 7.89. The van der Waals surface area contributed by atoms with E-state index >= 15 is 0 Å². The fraction of sp³-hybridized carbons (Fsp3) is 0.364. The topological polar surface area (TPSA) is 130 Å². The monoisotopic (exact) mass is 298 g/mol. The molecule has 1 aromatic rings. The molecule has 0 bridgehead atoms. The van der Waals surface area contributed by atoms with Crippen LogP contribution in [0.25, 0.3) is 0 Å². The minimum Gasteiger partial charge on any atom is -0.397 e. The summed E-state index contributed by atoms with van der Waals surface area (Å²) in [6.07, 6.45) is 0.0555. The van der Waals surface area contributed by atoms with Gasteiger partial charge >= 0.3 is 0 Å². The number of hydrogen-bond acceptors (Lipinski definition) is 6. The van der Waals surface area contributed by atoms with Gasteiger partial charge in [0.25, 0.3) is 5.69 Å². The maximum atomic E-state index is 12.3. The zero-order valence-electron chi connectivity index (χ0n) is 10.8. The fourth-order valence-electron chi connectivity index (χ4n) is 1.65. The van der Waals surface area contributed by atoms with Crippen LogP contribution in [0.1, 0.15) is 13.3 Å². The molecule has 0 heterocycles. The lowest BCUT2D eigenvalue weighted by Gasteiger charge is -2.20. The molecule has 0 fully saturated rings. The Kier molecular flexibility index (Phi) is 5.01. The molecule has 8 nitrogen and oxygen atoms in total. The quantitative estimate of drug-likeness (QED) is 0.475. The van der Waals surface area contributed by atoms with E-state index in [1.165, 1.54) is 0 Å². The van der Waals surface area contributed by atoms with Crippen molar-refractivity contribution >= 4 is 21.4 Å². The Morgan fingerprint density at radius 3 is 2.60 bits per heavy atom. The first kappa shape index (κ1) is 15.9. The Morgan fingerprint density at radius 1 is 1.50 bits per heavy atom. The van der Waals surface area contributed by atoms with Gasteiger partial charge in [0, 0.05) is 31.6 Å². The standard InChI is InChI=1S/C11H14N4O4S/c1-2-14(7-3-6-12)20(18,19)11-5-4-9(15(16)17)8-10(11)13/h4-5,8H,2-3,7,13H2,1H3. The molecule has 0 saturated heterocycles. The van der Waals surface area contributed by atoms with Gasteiger partial charge in [-0.25, -0.2) is 8.42 Å². The molecule has 108 valence electrons. The molecule has 0 aliphatic carbocycles. The van der Waals surface area contributed by atoms with Crippen LogP contribution in [0.3, 0.4) is 0 Å². The molecule has 0 aliphatic rings. The predicted molar refractivity (Wildman–Crippen MR) is 72.2 cm³/mol. The number of benzene rings is 1. The molecule has 1 aromatic carbocycles. The fourth-order valence-corrected chi connectivity index (χ4v) is 3.19. The molecular formula is C11H14N4O4S. The number of nitro benzene ring substituents is 1. The Morgan fingerprint density at radius 2 is 2.15 bits per heavy atom. The molecular weight excluding hydrogens is 284 g/mol. The first-order chi connectivity index (χ1) is 9.34. The Bertz CT molecular complexity index is 651. The van der Waals surface area contributed by atoms with Gasteiger partial charge in [-0.05, 0) is 6.07 Å². The van der Waals surface area contributed by atoms with E-state index in [2.05, 4.69) is 0 Å². The van der Waals surface area contributed by atoms with Crippen molar-refractivity contribution in [2.24, 2.45) is 0 Å². The van der Waals surface area contributed by atoms with Crippen molar-refractivity contribution in [2.75, 3.05) is 18.8 Å². The third-order valence-electron chi connectivity index (χ3n) is 2.65. The maximum absolute atomic E-state index is 12.3. The molecule has 0 unspecified atom stereocenters. The van der Waals surface area contributed by atoms with E-state index in [9.17, 15) is 18.5 Å². The van der Waals surface area contributed by atoms with Crippen molar-refractivity contribution in [3.8, 4) is 6.07 Å². The molecule has 20 heavy (non-hydrogen) atoms. The highest BCUT2D eigenvalue weighted by Crippen LogP contribution is 2.26. The van der Waals surface area contributed by atoms with E-state index in [0.29, 0.717) is 0 Å². The first-order valence-electron chi connectivity index (χ1n) is 5.75. The van der Waals surface area contributed by atoms with Crippen LogP contribution in [0.2, 0.25) is 0 Å². The number of non-ortho nitro benzene ring substituents is 1.